The lowest BCUT2D eigenvalue weighted by molar-refractivity contribution is 0.0114. The number of rotatable bonds is 6. The van der Waals surface area contributed by atoms with Crippen molar-refractivity contribution >= 4 is 11.0 Å². The van der Waals surface area contributed by atoms with Crippen LogP contribution in [0.4, 0.5) is 0 Å². The summed E-state index contributed by atoms with van der Waals surface area (Å²) in [5.74, 6) is 0.996. The van der Waals surface area contributed by atoms with E-state index in [-0.39, 0.29) is 11.6 Å². The van der Waals surface area contributed by atoms with Crippen molar-refractivity contribution in [2.24, 2.45) is 0 Å². The van der Waals surface area contributed by atoms with Gasteiger partial charge in [0.2, 0.25) is 0 Å². The smallest absolute Gasteiger partial charge is 0.134 e. The van der Waals surface area contributed by atoms with Gasteiger partial charge in [-0.15, -0.1) is 0 Å². The molecule has 3 nitrogen and oxygen atoms in total. The maximum atomic E-state index is 5.92. The van der Waals surface area contributed by atoms with Crippen LogP contribution in [0.3, 0.4) is 0 Å². The van der Waals surface area contributed by atoms with Gasteiger partial charge in [-0.05, 0) is 45.9 Å². The highest BCUT2D eigenvalue weighted by Crippen LogP contribution is 2.28. The van der Waals surface area contributed by atoms with Crippen molar-refractivity contribution in [3.63, 3.8) is 0 Å². The first-order valence-electron chi connectivity index (χ1n) is 6.76. The molecule has 0 radical (unpaired) electrons. The lowest BCUT2D eigenvalue weighted by Crippen LogP contribution is -2.25. The first-order valence-corrected chi connectivity index (χ1v) is 6.76. The van der Waals surface area contributed by atoms with Gasteiger partial charge in [0.25, 0.3) is 0 Å². The lowest BCUT2D eigenvalue weighted by Gasteiger charge is -2.25. The summed E-state index contributed by atoms with van der Waals surface area (Å²) in [6, 6.07) is 10.5. The molecule has 1 aromatic heterocycles. The molecule has 3 heteroatoms. The molecule has 1 heterocycles. The predicted octanol–water partition coefficient (Wildman–Crippen LogP) is 3.90. The number of fused-ring (bicyclic) bond motifs is 1. The fourth-order valence-electron chi connectivity index (χ4n) is 2.20. The largest absolute Gasteiger partial charge is 0.459 e. The summed E-state index contributed by atoms with van der Waals surface area (Å²) >= 11 is 0. The Labute approximate surface area is 114 Å². The van der Waals surface area contributed by atoms with Crippen LogP contribution < -0.4 is 5.32 Å². The van der Waals surface area contributed by atoms with Crippen LogP contribution in [-0.4, -0.2) is 19.8 Å². The van der Waals surface area contributed by atoms with E-state index in [0.29, 0.717) is 0 Å². The number of benzene rings is 1. The van der Waals surface area contributed by atoms with Gasteiger partial charge >= 0.3 is 0 Å². The van der Waals surface area contributed by atoms with Gasteiger partial charge in [-0.2, -0.15) is 0 Å². The van der Waals surface area contributed by atoms with Crippen molar-refractivity contribution in [1.82, 2.24) is 5.32 Å². The van der Waals surface area contributed by atoms with Crippen molar-refractivity contribution in [3.05, 3.63) is 36.1 Å². The second-order valence-electron chi connectivity index (χ2n) is 5.53. The van der Waals surface area contributed by atoms with Crippen LogP contribution in [0.1, 0.15) is 38.5 Å². The maximum Gasteiger partial charge on any atom is 0.134 e. The molecule has 1 unspecified atom stereocenters. The zero-order valence-corrected chi connectivity index (χ0v) is 12.2. The number of ether oxygens (including phenoxy) is 1. The number of hydrogen-bond donors (Lipinski definition) is 1. The SMILES string of the molecule is CNC(CCC(C)(C)OC)c1cc2ccccc2o1. The minimum atomic E-state index is -0.0961. The van der Waals surface area contributed by atoms with E-state index in [1.165, 1.54) is 0 Å². The second kappa shape index (κ2) is 5.76. The molecule has 1 atom stereocenters. The number of methoxy groups -OCH3 is 1. The monoisotopic (exact) mass is 261 g/mol. The van der Waals surface area contributed by atoms with Crippen LogP contribution in [0.5, 0.6) is 0 Å². The fourth-order valence-corrected chi connectivity index (χ4v) is 2.20. The zero-order chi connectivity index (χ0) is 13.9. The van der Waals surface area contributed by atoms with E-state index in [2.05, 4.69) is 31.3 Å². The molecule has 104 valence electrons. The summed E-state index contributed by atoms with van der Waals surface area (Å²) in [6.07, 6.45) is 1.96. The Morgan fingerprint density at radius 2 is 2.05 bits per heavy atom. The van der Waals surface area contributed by atoms with Crippen LogP contribution in [-0.2, 0) is 4.74 Å². The normalized spacial score (nSPS) is 13.9. The first kappa shape index (κ1) is 14.1. The minimum absolute atomic E-state index is 0.0961. The number of furan rings is 1. The highest BCUT2D eigenvalue weighted by Gasteiger charge is 2.21. The van der Waals surface area contributed by atoms with E-state index in [1.54, 1.807) is 7.11 Å². The Morgan fingerprint density at radius 1 is 1.32 bits per heavy atom. The van der Waals surface area contributed by atoms with Gasteiger partial charge in [0.15, 0.2) is 0 Å². The molecule has 0 bridgehead atoms. The van der Waals surface area contributed by atoms with Crippen LogP contribution in [0.15, 0.2) is 34.7 Å². The molecule has 2 aromatic rings. The van der Waals surface area contributed by atoms with E-state index in [0.717, 1.165) is 29.6 Å². The predicted molar refractivity (Wildman–Crippen MR) is 78.3 cm³/mol. The average Bonchev–Trinajstić information content (AvgIpc) is 2.83. The van der Waals surface area contributed by atoms with Crippen molar-refractivity contribution in [3.8, 4) is 0 Å². The molecule has 0 aliphatic carbocycles. The van der Waals surface area contributed by atoms with E-state index >= 15 is 0 Å². The molecular weight excluding hydrogens is 238 g/mol. The minimum Gasteiger partial charge on any atom is -0.459 e. The Hall–Kier alpha value is -1.32. The lowest BCUT2D eigenvalue weighted by atomic mass is 9.98. The quantitative estimate of drug-likeness (QED) is 0.856. The average molecular weight is 261 g/mol. The summed E-state index contributed by atoms with van der Waals surface area (Å²) in [6.45, 7) is 4.22. The number of para-hydroxylation sites is 1. The molecule has 0 aliphatic rings. The third-order valence-corrected chi connectivity index (χ3v) is 3.72. The summed E-state index contributed by atoms with van der Waals surface area (Å²) in [5.41, 5.74) is 0.852. The van der Waals surface area contributed by atoms with Gasteiger partial charge in [0, 0.05) is 12.5 Å². The number of hydrogen-bond acceptors (Lipinski definition) is 3. The molecule has 1 N–H and O–H groups in total. The van der Waals surface area contributed by atoms with Crippen molar-refractivity contribution in [2.75, 3.05) is 14.2 Å². The maximum absolute atomic E-state index is 5.92. The summed E-state index contributed by atoms with van der Waals surface area (Å²) in [4.78, 5) is 0. The molecule has 2 rings (SSSR count). The van der Waals surface area contributed by atoms with Gasteiger partial charge in [-0.1, -0.05) is 18.2 Å². The molecule has 0 spiro atoms. The van der Waals surface area contributed by atoms with Crippen LogP contribution >= 0.6 is 0 Å². The highest BCUT2D eigenvalue weighted by atomic mass is 16.5. The Balaban J connectivity index is 2.13. The third kappa shape index (κ3) is 3.37. The fraction of sp³-hybridized carbons (Fsp3) is 0.500. The van der Waals surface area contributed by atoms with E-state index in [4.69, 9.17) is 9.15 Å². The molecular formula is C16H23NO2. The molecule has 1 aromatic carbocycles. The third-order valence-electron chi connectivity index (χ3n) is 3.72. The van der Waals surface area contributed by atoms with Gasteiger partial charge in [-0.3, -0.25) is 0 Å². The standard InChI is InChI=1S/C16H23NO2/c1-16(2,18-4)10-9-13(17-3)15-11-12-7-5-6-8-14(12)19-15/h5-8,11,13,17H,9-10H2,1-4H3. The Kier molecular flexibility index (Phi) is 4.27. The van der Waals surface area contributed by atoms with Crippen LogP contribution in [0, 0.1) is 0 Å². The topological polar surface area (TPSA) is 34.4 Å². The zero-order valence-electron chi connectivity index (χ0n) is 12.2. The number of nitrogens with one attached hydrogen (secondary N) is 1. The van der Waals surface area contributed by atoms with E-state index < -0.39 is 0 Å². The molecule has 19 heavy (non-hydrogen) atoms. The summed E-state index contributed by atoms with van der Waals surface area (Å²) in [7, 11) is 3.73. The Bertz CT molecular complexity index is 497. The molecule has 0 saturated carbocycles. The molecule has 0 saturated heterocycles. The molecule has 0 aliphatic heterocycles. The van der Waals surface area contributed by atoms with Gasteiger partial charge in [0.05, 0.1) is 11.6 Å². The van der Waals surface area contributed by atoms with Crippen LogP contribution in [0.25, 0.3) is 11.0 Å². The van der Waals surface area contributed by atoms with Crippen molar-refractivity contribution < 1.29 is 9.15 Å². The van der Waals surface area contributed by atoms with Crippen molar-refractivity contribution in [2.45, 2.75) is 38.3 Å². The van der Waals surface area contributed by atoms with Crippen molar-refractivity contribution in [1.29, 1.82) is 0 Å². The van der Waals surface area contributed by atoms with Gasteiger partial charge in [-0.25, -0.2) is 0 Å². The molecule has 0 fully saturated rings. The summed E-state index contributed by atoms with van der Waals surface area (Å²) in [5, 5.41) is 4.48. The van der Waals surface area contributed by atoms with E-state index in [9.17, 15) is 0 Å². The second-order valence-corrected chi connectivity index (χ2v) is 5.53. The van der Waals surface area contributed by atoms with Crippen LogP contribution in [0.2, 0.25) is 0 Å². The molecule has 0 amide bonds. The van der Waals surface area contributed by atoms with Gasteiger partial charge < -0.3 is 14.5 Å². The van der Waals surface area contributed by atoms with Gasteiger partial charge in [0.1, 0.15) is 11.3 Å². The summed E-state index contributed by atoms with van der Waals surface area (Å²) < 4.78 is 11.4. The Morgan fingerprint density at radius 3 is 2.68 bits per heavy atom. The van der Waals surface area contributed by atoms with E-state index in [1.807, 2.05) is 25.2 Å². The first-order chi connectivity index (χ1) is 9.05. The highest BCUT2D eigenvalue weighted by molar-refractivity contribution is 5.77.